The van der Waals surface area contributed by atoms with Crippen molar-refractivity contribution < 1.29 is 22.5 Å². The third kappa shape index (κ3) is 2.43. The number of carbonyl (C=O) groups excluding carboxylic acids is 1. The van der Waals surface area contributed by atoms with Crippen LogP contribution in [0, 0.1) is 20.8 Å². The molecule has 0 spiro atoms. The van der Waals surface area contributed by atoms with Gasteiger partial charge in [0.15, 0.2) is 5.67 Å². The standard InChI is InChI=1S/C16H19F2N5O3/c1-9-12(10(2)26-21-9)4-22-6-15(17)7-23(14(24)16(15,18)8-22)5-13-20-19-11(3)25-13/h4-8H2,1-3H3/t15-,16+/m0/s1. The van der Waals surface area contributed by atoms with Crippen molar-refractivity contribution in [2.45, 2.75) is 45.2 Å². The molecule has 0 N–H and O–H groups in total. The highest BCUT2D eigenvalue weighted by Crippen LogP contribution is 2.46. The molecule has 2 saturated heterocycles. The molecule has 2 aromatic rings. The van der Waals surface area contributed by atoms with Crippen LogP contribution in [0.25, 0.3) is 0 Å². The van der Waals surface area contributed by atoms with Gasteiger partial charge in [-0.2, -0.15) is 0 Å². The van der Waals surface area contributed by atoms with Crippen molar-refractivity contribution >= 4 is 5.91 Å². The Morgan fingerprint density at radius 3 is 2.46 bits per heavy atom. The van der Waals surface area contributed by atoms with E-state index in [0.29, 0.717) is 17.3 Å². The molecule has 8 nitrogen and oxygen atoms in total. The van der Waals surface area contributed by atoms with E-state index >= 15 is 8.78 Å². The van der Waals surface area contributed by atoms with Crippen LogP contribution in [0.4, 0.5) is 8.78 Å². The summed E-state index contributed by atoms with van der Waals surface area (Å²) in [5.41, 5.74) is -3.39. The molecule has 2 atom stereocenters. The molecule has 4 rings (SSSR count). The lowest BCUT2D eigenvalue weighted by atomic mass is 9.93. The molecule has 2 aliphatic heterocycles. The average Bonchev–Trinajstić information content (AvgIpc) is 3.23. The van der Waals surface area contributed by atoms with Crippen molar-refractivity contribution in [3.8, 4) is 0 Å². The number of halogens is 2. The average molecular weight is 367 g/mol. The first-order chi connectivity index (χ1) is 12.2. The number of carbonyl (C=O) groups is 1. The highest BCUT2D eigenvalue weighted by atomic mass is 19.2. The topological polar surface area (TPSA) is 88.5 Å². The predicted molar refractivity (Wildman–Crippen MR) is 83.4 cm³/mol. The summed E-state index contributed by atoms with van der Waals surface area (Å²) in [5, 5.41) is 11.3. The first-order valence-electron chi connectivity index (χ1n) is 8.32. The first kappa shape index (κ1) is 17.1. The molecule has 10 heteroatoms. The molecule has 4 heterocycles. The predicted octanol–water partition coefficient (Wildman–Crippen LogP) is 1.26. The van der Waals surface area contributed by atoms with Gasteiger partial charge in [-0.3, -0.25) is 9.69 Å². The Morgan fingerprint density at radius 2 is 1.88 bits per heavy atom. The Morgan fingerprint density at radius 1 is 1.12 bits per heavy atom. The second-order valence-electron chi connectivity index (χ2n) is 7.09. The van der Waals surface area contributed by atoms with Crippen LogP contribution in [-0.4, -0.2) is 62.0 Å². The van der Waals surface area contributed by atoms with Gasteiger partial charge in [-0.15, -0.1) is 10.2 Å². The molecule has 1 amide bonds. The fourth-order valence-electron chi connectivity index (χ4n) is 3.80. The third-order valence-electron chi connectivity index (χ3n) is 5.15. The van der Waals surface area contributed by atoms with Gasteiger partial charge in [0.1, 0.15) is 5.76 Å². The summed E-state index contributed by atoms with van der Waals surface area (Å²) in [7, 11) is 0. The van der Waals surface area contributed by atoms with E-state index in [2.05, 4.69) is 15.4 Å². The summed E-state index contributed by atoms with van der Waals surface area (Å²) < 4.78 is 41.1. The summed E-state index contributed by atoms with van der Waals surface area (Å²) in [4.78, 5) is 15.3. The number of hydrogen-bond acceptors (Lipinski definition) is 7. The molecule has 2 fully saturated rings. The maximum absolute atomic E-state index is 15.4. The number of aryl methyl sites for hydroxylation is 3. The van der Waals surface area contributed by atoms with E-state index < -0.39 is 17.2 Å². The van der Waals surface area contributed by atoms with Gasteiger partial charge in [-0.05, 0) is 13.8 Å². The molecule has 0 bridgehead atoms. The van der Waals surface area contributed by atoms with Gasteiger partial charge in [-0.25, -0.2) is 8.78 Å². The zero-order chi connectivity index (χ0) is 18.7. The third-order valence-corrected chi connectivity index (χ3v) is 5.15. The monoisotopic (exact) mass is 367 g/mol. The molecule has 0 radical (unpaired) electrons. The maximum Gasteiger partial charge on any atom is 0.265 e. The smallest absolute Gasteiger partial charge is 0.265 e. The number of amides is 1. The summed E-state index contributed by atoms with van der Waals surface area (Å²) in [6, 6.07) is 0. The van der Waals surface area contributed by atoms with Gasteiger partial charge < -0.3 is 13.8 Å². The van der Waals surface area contributed by atoms with Gasteiger partial charge in [0, 0.05) is 32.1 Å². The zero-order valence-corrected chi connectivity index (χ0v) is 14.8. The second kappa shape index (κ2) is 5.57. The lowest BCUT2D eigenvalue weighted by molar-refractivity contribution is -0.139. The Hall–Kier alpha value is -2.36. The van der Waals surface area contributed by atoms with Gasteiger partial charge in [-0.1, -0.05) is 5.16 Å². The molecule has 140 valence electrons. The quantitative estimate of drug-likeness (QED) is 0.804. The number of likely N-dealkylation sites (tertiary alicyclic amines) is 2. The Labute approximate surface area is 148 Å². The molecular weight excluding hydrogens is 348 g/mol. The van der Waals surface area contributed by atoms with Crippen molar-refractivity contribution in [2.75, 3.05) is 19.6 Å². The minimum absolute atomic E-state index is 0.0963. The van der Waals surface area contributed by atoms with E-state index in [1.54, 1.807) is 25.7 Å². The number of aromatic nitrogens is 3. The van der Waals surface area contributed by atoms with E-state index in [-0.39, 0.29) is 38.6 Å². The Balaban J connectivity index is 1.51. The van der Waals surface area contributed by atoms with Gasteiger partial charge in [0.25, 0.3) is 5.91 Å². The number of rotatable bonds is 4. The van der Waals surface area contributed by atoms with E-state index in [4.69, 9.17) is 8.94 Å². The van der Waals surface area contributed by atoms with E-state index in [0.717, 1.165) is 10.5 Å². The molecule has 26 heavy (non-hydrogen) atoms. The highest BCUT2D eigenvalue weighted by molar-refractivity contribution is 5.90. The SMILES string of the molecule is Cc1nnc(CN2C[C@@]3(F)CN(Cc4c(C)noc4C)C[C@@]3(F)C2=O)o1. The summed E-state index contributed by atoms with van der Waals surface area (Å²) >= 11 is 0. The largest absolute Gasteiger partial charge is 0.424 e. The van der Waals surface area contributed by atoms with Crippen molar-refractivity contribution in [2.24, 2.45) is 0 Å². The van der Waals surface area contributed by atoms with Crippen LogP contribution in [0.1, 0.15) is 28.8 Å². The first-order valence-corrected chi connectivity index (χ1v) is 8.32. The molecule has 0 aliphatic carbocycles. The van der Waals surface area contributed by atoms with Crippen LogP contribution in [0.5, 0.6) is 0 Å². The van der Waals surface area contributed by atoms with Gasteiger partial charge in [0.05, 0.1) is 18.8 Å². The molecular formula is C16H19F2N5O3. The lowest BCUT2D eigenvalue weighted by Gasteiger charge is -2.21. The number of fused-ring (bicyclic) bond motifs is 1. The number of nitrogens with zero attached hydrogens (tertiary/aromatic N) is 5. The van der Waals surface area contributed by atoms with Gasteiger partial charge in [0.2, 0.25) is 17.5 Å². The highest BCUT2D eigenvalue weighted by Gasteiger charge is 2.71. The molecule has 0 saturated carbocycles. The Kier molecular flexibility index (Phi) is 3.66. The molecule has 2 aliphatic rings. The van der Waals surface area contributed by atoms with Crippen LogP contribution in [-0.2, 0) is 17.9 Å². The van der Waals surface area contributed by atoms with Crippen molar-refractivity contribution in [3.05, 3.63) is 28.8 Å². The van der Waals surface area contributed by atoms with Crippen LogP contribution in [0.15, 0.2) is 8.94 Å². The fraction of sp³-hybridized carbons (Fsp3) is 0.625. The lowest BCUT2D eigenvalue weighted by Crippen LogP contribution is -2.47. The number of hydrogen-bond donors (Lipinski definition) is 0. The van der Waals surface area contributed by atoms with Crippen LogP contribution in [0.3, 0.4) is 0 Å². The second-order valence-corrected chi connectivity index (χ2v) is 7.09. The van der Waals surface area contributed by atoms with Crippen LogP contribution in [0.2, 0.25) is 0 Å². The van der Waals surface area contributed by atoms with Crippen LogP contribution >= 0.6 is 0 Å². The van der Waals surface area contributed by atoms with Crippen LogP contribution < -0.4 is 0 Å². The van der Waals surface area contributed by atoms with Crippen molar-refractivity contribution in [1.82, 2.24) is 25.2 Å². The fourth-order valence-corrected chi connectivity index (χ4v) is 3.80. The minimum Gasteiger partial charge on any atom is -0.424 e. The van der Waals surface area contributed by atoms with Crippen molar-refractivity contribution in [1.29, 1.82) is 0 Å². The molecule has 0 aromatic carbocycles. The van der Waals surface area contributed by atoms with E-state index in [9.17, 15) is 4.79 Å². The zero-order valence-electron chi connectivity index (χ0n) is 14.8. The Bertz CT molecular complexity index is 848. The summed E-state index contributed by atoms with van der Waals surface area (Å²) in [5.74, 6) is 0.232. The van der Waals surface area contributed by atoms with Crippen molar-refractivity contribution in [3.63, 3.8) is 0 Å². The molecule has 0 unspecified atom stereocenters. The minimum atomic E-state index is -2.58. The maximum atomic E-state index is 15.4. The normalized spacial score (nSPS) is 29.0. The summed E-state index contributed by atoms with van der Waals surface area (Å²) in [6.07, 6.45) is 0. The van der Waals surface area contributed by atoms with E-state index in [1.165, 1.54) is 0 Å². The molecule has 2 aromatic heterocycles. The number of alkyl halides is 2. The van der Waals surface area contributed by atoms with Gasteiger partial charge >= 0.3 is 0 Å². The van der Waals surface area contributed by atoms with E-state index in [1.807, 2.05) is 0 Å². The summed E-state index contributed by atoms with van der Waals surface area (Å²) in [6.45, 7) is 4.49.